The third-order valence-corrected chi connectivity index (χ3v) is 3.65. The van der Waals surface area contributed by atoms with Crippen LogP contribution in [-0.4, -0.2) is 10.1 Å². The molecule has 1 aromatic heterocycles. The Labute approximate surface area is 127 Å². The van der Waals surface area contributed by atoms with Crippen molar-refractivity contribution in [1.82, 2.24) is 4.98 Å². The monoisotopic (exact) mass is 378 g/mol. The van der Waals surface area contributed by atoms with Crippen molar-refractivity contribution in [3.63, 3.8) is 0 Å². The van der Waals surface area contributed by atoms with Crippen LogP contribution < -0.4 is 0 Å². The molecule has 1 aromatic carbocycles. The van der Waals surface area contributed by atoms with E-state index in [0.29, 0.717) is 14.5 Å². The Morgan fingerprint density at radius 1 is 1.32 bits per heavy atom. The molecule has 0 amide bonds. The minimum absolute atomic E-state index is 0.136. The van der Waals surface area contributed by atoms with Gasteiger partial charge in [0, 0.05) is 18.0 Å². The molecule has 0 aliphatic rings. The van der Waals surface area contributed by atoms with Crippen molar-refractivity contribution in [2.75, 3.05) is 0 Å². The number of aromatic hydroxyl groups is 1. The van der Waals surface area contributed by atoms with Crippen LogP contribution in [0.2, 0.25) is 0 Å². The number of nitriles is 1. The SMILES string of the molecule is N#CC(=Cc1cc(Br)c(O)c(Br)c1)c1cccnc1. The lowest BCUT2D eigenvalue weighted by molar-refractivity contribution is 0.468. The number of hydrogen-bond acceptors (Lipinski definition) is 3. The van der Waals surface area contributed by atoms with Gasteiger partial charge in [-0.15, -0.1) is 0 Å². The van der Waals surface area contributed by atoms with Gasteiger partial charge in [0.25, 0.3) is 0 Å². The van der Waals surface area contributed by atoms with E-state index in [9.17, 15) is 10.4 Å². The number of phenols is 1. The molecule has 0 saturated carbocycles. The molecule has 0 atom stereocenters. The predicted octanol–water partition coefficient (Wildman–Crippen LogP) is 4.38. The van der Waals surface area contributed by atoms with Gasteiger partial charge in [-0.2, -0.15) is 5.26 Å². The lowest BCUT2D eigenvalue weighted by Gasteiger charge is -2.03. The third-order valence-electron chi connectivity index (χ3n) is 2.44. The zero-order valence-electron chi connectivity index (χ0n) is 9.64. The molecule has 0 radical (unpaired) electrons. The van der Waals surface area contributed by atoms with E-state index in [0.717, 1.165) is 11.1 Å². The zero-order valence-corrected chi connectivity index (χ0v) is 12.8. The average Bonchev–Trinajstić information content (AvgIpc) is 2.43. The lowest BCUT2D eigenvalue weighted by atomic mass is 10.1. The number of pyridine rings is 1. The van der Waals surface area contributed by atoms with Crippen molar-refractivity contribution >= 4 is 43.5 Å². The second-order valence-corrected chi connectivity index (χ2v) is 5.45. The number of aromatic nitrogens is 1. The van der Waals surface area contributed by atoms with Gasteiger partial charge in [-0.25, -0.2) is 0 Å². The molecule has 0 saturated heterocycles. The number of hydrogen-bond donors (Lipinski definition) is 1. The molecule has 94 valence electrons. The quantitative estimate of drug-likeness (QED) is 0.788. The van der Waals surface area contributed by atoms with Gasteiger partial charge in [0.2, 0.25) is 0 Å². The first kappa shape index (κ1) is 13.8. The second kappa shape index (κ2) is 6.00. The van der Waals surface area contributed by atoms with Gasteiger partial charge in [0.05, 0.1) is 20.6 Å². The minimum atomic E-state index is 0.136. The van der Waals surface area contributed by atoms with Crippen LogP contribution in [0, 0.1) is 11.3 Å². The molecule has 3 nitrogen and oxygen atoms in total. The van der Waals surface area contributed by atoms with Gasteiger partial charge in [-0.3, -0.25) is 4.98 Å². The van der Waals surface area contributed by atoms with Crippen LogP contribution in [0.1, 0.15) is 11.1 Å². The van der Waals surface area contributed by atoms with Crippen LogP contribution >= 0.6 is 31.9 Å². The summed E-state index contributed by atoms with van der Waals surface area (Å²) in [6.07, 6.45) is 5.04. The standard InChI is InChI=1S/C14H8Br2N2O/c15-12-5-9(6-13(16)14(12)19)4-11(7-17)10-2-1-3-18-8-10/h1-6,8,19H. The van der Waals surface area contributed by atoms with Crippen molar-refractivity contribution in [2.45, 2.75) is 0 Å². The summed E-state index contributed by atoms with van der Waals surface area (Å²) in [6, 6.07) is 9.24. The summed E-state index contributed by atoms with van der Waals surface area (Å²) in [5.41, 5.74) is 2.07. The molecule has 0 aliphatic heterocycles. The maximum Gasteiger partial charge on any atom is 0.143 e. The van der Waals surface area contributed by atoms with E-state index in [1.54, 1.807) is 36.7 Å². The smallest absolute Gasteiger partial charge is 0.143 e. The normalized spacial score (nSPS) is 11.1. The maximum atomic E-state index is 9.65. The van der Waals surface area contributed by atoms with Crippen LogP contribution in [0.5, 0.6) is 5.75 Å². The van der Waals surface area contributed by atoms with E-state index < -0.39 is 0 Å². The highest BCUT2D eigenvalue weighted by Gasteiger charge is 2.06. The summed E-state index contributed by atoms with van der Waals surface area (Å²) in [7, 11) is 0. The Hall–Kier alpha value is -1.64. The fraction of sp³-hybridized carbons (Fsp3) is 0. The van der Waals surface area contributed by atoms with Crippen molar-refractivity contribution in [3.8, 4) is 11.8 Å². The highest BCUT2D eigenvalue weighted by atomic mass is 79.9. The molecule has 5 heteroatoms. The molecule has 2 aromatic rings. The lowest BCUT2D eigenvalue weighted by Crippen LogP contribution is -1.84. The predicted molar refractivity (Wildman–Crippen MR) is 81.2 cm³/mol. The first-order valence-corrected chi connectivity index (χ1v) is 6.90. The van der Waals surface area contributed by atoms with Crippen molar-refractivity contribution in [3.05, 3.63) is 56.7 Å². The van der Waals surface area contributed by atoms with Crippen molar-refractivity contribution in [1.29, 1.82) is 5.26 Å². The van der Waals surface area contributed by atoms with Gasteiger partial charge < -0.3 is 5.11 Å². The Morgan fingerprint density at radius 3 is 2.53 bits per heavy atom. The van der Waals surface area contributed by atoms with E-state index in [1.165, 1.54) is 0 Å². The van der Waals surface area contributed by atoms with Crippen LogP contribution in [0.4, 0.5) is 0 Å². The van der Waals surface area contributed by atoms with Crippen molar-refractivity contribution < 1.29 is 5.11 Å². The molecule has 1 heterocycles. The van der Waals surface area contributed by atoms with E-state index in [2.05, 4.69) is 42.9 Å². The van der Waals surface area contributed by atoms with Crippen LogP contribution in [0.3, 0.4) is 0 Å². The number of benzene rings is 1. The molecular formula is C14H8Br2N2O. The number of phenolic OH excluding ortho intramolecular Hbond substituents is 1. The Balaban J connectivity index is 2.48. The Kier molecular flexibility index (Phi) is 4.35. The number of allylic oxidation sites excluding steroid dienone is 1. The summed E-state index contributed by atoms with van der Waals surface area (Å²) < 4.78 is 1.13. The van der Waals surface area contributed by atoms with Gasteiger partial charge in [0.15, 0.2) is 0 Å². The molecule has 0 aliphatic carbocycles. The van der Waals surface area contributed by atoms with E-state index in [4.69, 9.17) is 0 Å². The van der Waals surface area contributed by atoms with E-state index >= 15 is 0 Å². The third kappa shape index (κ3) is 3.22. The summed E-state index contributed by atoms with van der Waals surface area (Å²) >= 11 is 6.52. The maximum absolute atomic E-state index is 9.65. The van der Waals surface area contributed by atoms with Crippen LogP contribution in [-0.2, 0) is 0 Å². The summed E-state index contributed by atoms with van der Waals surface area (Å²) in [5.74, 6) is 0.136. The van der Waals surface area contributed by atoms with E-state index in [-0.39, 0.29) is 5.75 Å². The van der Waals surface area contributed by atoms with Gasteiger partial charge in [0.1, 0.15) is 5.75 Å². The molecule has 2 rings (SSSR count). The van der Waals surface area contributed by atoms with Crippen LogP contribution in [0.15, 0.2) is 45.6 Å². The second-order valence-electron chi connectivity index (χ2n) is 3.74. The van der Waals surface area contributed by atoms with Crippen molar-refractivity contribution in [2.24, 2.45) is 0 Å². The summed E-state index contributed by atoms with van der Waals surface area (Å²) in [5, 5.41) is 18.9. The average molecular weight is 380 g/mol. The number of halogens is 2. The Morgan fingerprint density at radius 2 is 2.00 bits per heavy atom. The van der Waals surface area contributed by atoms with E-state index in [1.807, 2.05) is 6.07 Å². The zero-order chi connectivity index (χ0) is 13.8. The molecule has 1 N–H and O–H groups in total. The fourth-order valence-electron chi connectivity index (χ4n) is 1.54. The topological polar surface area (TPSA) is 56.9 Å². The molecule has 0 spiro atoms. The highest BCUT2D eigenvalue weighted by molar-refractivity contribution is 9.11. The first-order valence-electron chi connectivity index (χ1n) is 5.32. The largest absolute Gasteiger partial charge is 0.506 e. The summed E-state index contributed by atoms with van der Waals surface area (Å²) in [6.45, 7) is 0. The molecule has 0 fully saturated rings. The van der Waals surface area contributed by atoms with Gasteiger partial charge in [-0.05, 0) is 61.7 Å². The van der Waals surface area contributed by atoms with Gasteiger partial charge in [-0.1, -0.05) is 6.07 Å². The van der Waals surface area contributed by atoms with Crippen LogP contribution in [0.25, 0.3) is 11.6 Å². The molecular weight excluding hydrogens is 372 g/mol. The van der Waals surface area contributed by atoms with Gasteiger partial charge >= 0.3 is 0 Å². The number of rotatable bonds is 2. The molecule has 19 heavy (non-hydrogen) atoms. The Bertz CT molecular complexity index is 653. The summed E-state index contributed by atoms with van der Waals surface area (Å²) in [4.78, 5) is 3.99. The minimum Gasteiger partial charge on any atom is -0.506 e. The fourth-order valence-corrected chi connectivity index (χ4v) is 2.76. The molecule has 0 bridgehead atoms. The highest BCUT2D eigenvalue weighted by Crippen LogP contribution is 2.34. The number of nitrogens with zero attached hydrogens (tertiary/aromatic N) is 2. The molecule has 0 unspecified atom stereocenters. The first-order chi connectivity index (χ1) is 9.11.